The summed E-state index contributed by atoms with van der Waals surface area (Å²) in [5.74, 6) is 2.44. The fourth-order valence-corrected chi connectivity index (χ4v) is 3.39. The lowest BCUT2D eigenvalue weighted by Crippen LogP contribution is -2.33. The zero-order chi connectivity index (χ0) is 19.1. The van der Waals surface area contributed by atoms with Gasteiger partial charge in [0.25, 0.3) is 0 Å². The van der Waals surface area contributed by atoms with Gasteiger partial charge >= 0.3 is 0 Å². The average Bonchev–Trinajstić information content (AvgIpc) is 2.98. The number of unbranched alkanes of at least 4 members (excludes halogenated alkanes) is 2. The van der Waals surface area contributed by atoms with E-state index in [1.54, 1.807) is 0 Å². The molecule has 2 atom stereocenters. The monoisotopic (exact) mass is 356 g/mol. The van der Waals surface area contributed by atoms with Crippen molar-refractivity contribution in [1.29, 1.82) is 0 Å². The summed E-state index contributed by atoms with van der Waals surface area (Å²) in [6.07, 6.45) is 11.1. The van der Waals surface area contributed by atoms with Gasteiger partial charge in [0.15, 0.2) is 0 Å². The molecule has 0 aliphatic carbocycles. The van der Waals surface area contributed by atoms with E-state index in [4.69, 9.17) is 10.7 Å². The predicted octanol–water partition coefficient (Wildman–Crippen LogP) is 4.43. The van der Waals surface area contributed by atoms with Crippen LogP contribution >= 0.6 is 0 Å². The number of nitrogens with two attached hydrogens (primary N) is 1. The van der Waals surface area contributed by atoms with Crippen LogP contribution in [0.1, 0.15) is 59.3 Å². The highest BCUT2D eigenvalue weighted by Crippen LogP contribution is 2.23. The molecule has 0 amide bonds. The number of amidine groups is 1. The van der Waals surface area contributed by atoms with E-state index in [-0.39, 0.29) is 6.04 Å². The summed E-state index contributed by atoms with van der Waals surface area (Å²) in [4.78, 5) is 9.38. The molecule has 2 N–H and O–H groups in total. The Bertz CT molecular complexity index is 622. The third kappa shape index (κ3) is 5.36. The molecule has 0 saturated carbocycles. The molecule has 0 spiro atoms. The fourth-order valence-electron chi connectivity index (χ4n) is 3.39. The number of allylic oxidation sites excluding steroid dienone is 2. The summed E-state index contributed by atoms with van der Waals surface area (Å²) in [6.45, 7) is 12.8. The van der Waals surface area contributed by atoms with Crippen molar-refractivity contribution in [2.45, 2.75) is 65.3 Å². The maximum atomic E-state index is 6.12. The zero-order valence-corrected chi connectivity index (χ0v) is 17.1. The van der Waals surface area contributed by atoms with E-state index in [1.807, 2.05) is 18.1 Å². The van der Waals surface area contributed by atoms with E-state index in [0.29, 0.717) is 5.92 Å². The second kappa shape index (κ2) is 9.80. The third-order valence-electron chi connectivity index (χ3n) is 5.35. The smallest absolute Gasteiger partial charge is 0.142 e. The number of nitrogens with zero attached hydrogens (tertiary/aromatic N) is 3. The molecule has 4 heteroatoms. The predicted molar refractivity (Wildman–Crippen MR) is 112 cm³/mol. The lowest BCUT2D eigenvalue weighted by molar-refractivity contribution is 0.500. The lowest BCUT2D eigenvalue weighted by atomic mass is 9.95. The van der Waals surface area contributed by atoms with Crippen molar-refractivity contribution < 1.29 is 0 Å². The Morgan fingerprint density at radius 2 is 2.23 bits per heavy atom. The van der Waals surface area contributed by atoms with Gasteiger partial charge in [0.1, 0.15) is 11.7 Å². The summed E-state index contributed by atoms with van der Waals surface area (Å²) < 4.78 is 0. The van der Waals surface area contributed by atoms with Crippen LogP contribution in [0.3, 0.4) is 0 Å². The number of rotatable bonds is 7. The van der Waals surface area contributed by atoms with Crippen molar-refractivity contribution in [3.8, 4) is 0 Å². The molecule has 0 unspecified atom stereocenters. The van der Waals surface area contributed by atoms with Crippen molar-refractivity contribution in [2.75, 3.05) is 20.1 Å². The van der Waals surface area contributed by atoms with Gasteiger partial charge in [-0.1, -0.05) is 52.3 Å². The Labute approximate surface area is 159 Å². The molecular weight excluding hydrogens is 320 g/mol. The summed E-state index contributed by atoms with van der Waals surface area (Å²) in [7, 11) is 2.03. The maximum absolute atomic E-state index is 6.12. The van der Waals surface area contributed by atoms with Crippen molar-refractivity contribution in [3.05, 3.63) is 41.6 Å². The molecule has 0 aromatic rings. The van der Waals surface area contributed by atoms with Crippen molar-refractivity contribution >= 4 is 5.84 Å². The van der Waals surface area contributed by atoms with Gasteiger partial charge < -0.3 is 15.5 Å². The molecule has 0 radical (unpaired) electrons. The first-order chi connectivity index (χ1) is 12.5. The van der Waals surface area contributed by atoms with Gasteiger partial charge in [-0.2, -0.15) is 0 Å². The Hall–Kier alpha value is -1.77. The van der Waals surface area contributed by atoms with Crippen LogP contribution in [0.25, 0.3) is 0 Å². The maximum Gasteiger partial charge on any atom is 0.142 e. The Balaban J connectivity index is 2.23. The van der Waals surface area contributed by atoms with Gasteiger partial charge in [0.05, 0.1) is 0 Å². The molecule has 2 aliphatic heterocycles. The van der Waals surface area contributed by atoms with Crippen LogP contribution in [-0.2, 0) is 0 Å². The quantitative estimate of drug-likeness (QED) is 0.542. The molecule has 0 bridgehead atoms. The van der Waals surface area contributed by atoms with Gasteiger partial charge in [0, 0.05) is 38.0 Å². The lowest BCUT2D eigenvalue weighted by Gasteiger charge is -2.22. The molecule has 4 nitrogen and oxygen atoms in total. The highest BCUT2D eigenvalue weighted by molar-refractivity contribution is 5.99. The Morgan fingerprint density at radius 3 is 2.85 bits per heavy atom. The molecular formula is C22H36N4. The molecule has 0 aromatic heterocycles. The highest BCUT2D eigenvalue weighted by Gasteiger charge is 2.25. The van der Waals surface area contributed by atoms with E-state index in [1.165, 1.54) is 25.7 Å². The van der Waals surface area contributed by atoms with Crippen molar-refractivity contribution in [2.24, 2.45) is 16.6 Å². The Kier molecular flexibility index (Phi) is 7.74. The van der Waals surface area contributed by atoms with Gasteiger partial charge in [-0.25, -0.2) is 4.99 Å². The van der Waals surface area contributed by atoms with Gasteiger partial charge in [-0.05, 0) is 36.8 Å². The molecule has 144 valence electrons. The topological polar surface area (TPSA) is 44.9 Å². The van der Waals surface area contributed by atoms with Gasteiger partial charge in [-0.15, -0.1) is 0 Å². The first kappa shape index (κ1) is 20.5. The summed E-state index contributed by atoms with van der Waals surface area (Å²) in [5.41, 5.74) is 11.9. The summed E-state index contributed by atoms with van der Waals surface area (Å²) >= 11 is 0. The zero-order valence-electron chi connectivity index (χ0n) is 17.1. The first-order valence-corrected chi connectivity index (χ1v) is 10.1. The molecule has 2 heterocycles. The molecule has 1 fully saturated rings. The van der Waals surface area contributed by atoms with Crippen LogP contribution in [0.5, 0.6) is 0 Å². The molecule has 26 heavy (non-hydrogen) atoms. The van der Waals surface area contributed by atoms with E-state index in [9.17, 15) is 0 Å². The molecule has 0 aromatic carbocycles. The minimum Gasteiger partial charge on any atom is -0.354 e. The third-order valence-corrected chi connectivity index (χ3v) is 5.35. The van der Waals surface area contributed by atoms with Crippen LogP contribution < -0.4 is 5.73 Å². The number of likely N-dealkylation sites (tertiary alicyclic amines) is 1. The average molecular weight is 357 g/mol. The van der Waals surface area contributed by atoms with E-state index >= 15 is 0 Å². The van der Waals surface area contributed by atoms with Crippen LogP contribution in [0.15, 0.2) is 46.5 Å². The van der Waals surface area contributed by atoms with Crippen LogP contribution in [-0.4, -0.2) is 41.8 Å². The van der Waals surface area contributed by atoms with Gasteiger partial charge in [0.2, 0.25) is 0 Å². The Morgan fingerprint density at radius 1 is 1.46 bits per heavy atom. The largest absolute Gasteiger partial charge is 0.354 e. The normalized spacial score (nSPS) is 23.1. The highest BCUT2D eigenvalue weighted by atomic mass is 15.3. The first-order valence-electron chi connectivity index (χ1n) is 10.1. The number of hydrogen-bond acceptors (Lipinski definition) is 4. The minimum absolute atomic E-state index is 0.238. The fraction of sp³-hybridized carbons (Fsp3) is 0.636. The second-order valence-corrected chi connectivity index (χ2v) is 7.62. The van der Waals surface area contributed by atoms with E-state index < -0.39 is 0 Å². The SMILES string of the molecule is C=C(/C=C1/N=C(N2CC[C@H](N)C2)C(CC)=C=CN1C)[C@@H](C)CCCCC. The van der Waals surface area contributed by atoms with E-state index in [2.05, 4.69) is 44.1 Å². The summed E-state index contributed by atoms with van der Waals surface area (Å²) in [5, 5.41) is 0. The van der Waals surface area contributed by atoms with Crippen molar-refractivity contribution in [1.82, 2.24) is 9.80 Å². The molecule has 1 saturated heterocycles. The second-order valence-electron chi connectivity index (χ2n) is 7.62. The van der Waals surface area contributed by atoms with Crippen LogP contribution in [0, 0.1) is 5.92 Å². The summed E-state index contributed by atoms with van der Waals surface area (Å²) in [6, 6.07) is 0.238. The minimum atomic E-state index is 0.238. The van der Waals surface area contributed by atoms with Crippen molar-refractivity contribution in [3.63, 3.8) is 0 Å². The molecule has 2 aliphatic rings. The van der Waals surface area contributed by atoms with Crippen LogP contribution in [0.4, 0.5) is 0 Å². The standard InChI is InChI=1S/C22H36N4/c1-6-8-9-10-17(3)18(4)15-21-24-22(26-14-12-20(23)16-26)19(7-2)11-13-25(21)5/h13,15,17,20H,4,6-10,12,14,16,23H2,1-3,5H3/b21-15-/t17-,20-/m0/s1. The van der Waals surface area contributed by atoms with Gasteiger partial charge in [-0.3, -0.25) is 0 Å². The van der Waals surface area contributed by atoms with E-state index in [0.717, 1.165) is 48.7 Å². The van der Waals surface area contributed by atoms with Crippen LogP contribution in [0.2, 0.25) is 0 Å². The molecule has 2 rings (SSSR count). The number of hydrogen-bond donors (Lipinski definition) is 1. The number of aliphatic imine (C=N–C) groups is 1.